The highest BCUT2D eigenvalue weighted by molar-refractivity contribution is 14.1. The number of nitrogens with zero attached hydrogens (tertiary/aromatic N) is 2. The number of hydrogen-bond donors (Lipinski definition) is 0. The number of rotatable bonds is 1. The van der Waals surface area contributed by atoms with Crippen LogP contribution in [-0.4, -0.2) is 9.78 Å². The van der Waals surface area contributed by atoms with E-state index in [1.165, 1.54) is 5.69 Å². The Bertz CT molecular complexity index is 271. The van der Waals surface area contributed by atoms with Crippen LogP contribution >= 0.6 is 22.6 Å². The number of aryl methyl sites for hydroxylation is 1. The van der Waals surface area contributed by atoms with E-state index in [2.05, 4.69) is 66.1 Å². The van der Waals surface area contributed by atoms with Gasteiger partial charge >= 0.3 is 0 Å². The zero-order valence-electron chi connectivity index (χ0n) is 8.06. The number of aromatic nitrogens is 2. The molecule has 0 aliphatic heterocycles. The van der Waals surface area contributed by atoms with E-state index in [9.17, 15) is 0 Å². The summed E-state index contributed by atoms with van der Waals surface area (Å²) in [7, 11) is 0. The predicted octanol–water partition coefficient (Wildman–Crippen LogP) is 2.81. The van der Waals surface area contributed by atoms with Gasteiger partial charge in [-0.2, -0.15) is 5.10 Å². The Balaban J connectivity index is 3.13. The van der Waals surface area contributed by atoms with Crippen LogP contribution in [-0.2, 0) is 12.0 Å². The van der Waals surface area contributed by atoms with Gasteiger partial charge in [0.2, 0.25) is 0 Å². The van der Waals surface area contributed by atoms with Crippen molar-refractivity contribution in [3.05, 3.63) is 15.5 Å². The van der Waals surface area contributed by atoms with Crippen LogP contribution < -0.4 is 0 Å². The highest BCUT2D eigenvalue weighted by Crippen LogP contribution is 2.23. The molecule has 0 bridgehead atoms. The van der Waals surface area contributed by atoms with E-state index in [0.717, 1.165) is 10.2 Å². The molecular formula is C9H15IN2. The Labute approximate surface area is 87.5 Å². The van der Waals surface area contributed by atoms with Crippen LogP contribution in [0, 0.1) is 3.70 Å². The first-order chi connectivity index (χ1) is 5.45. The maximum atomic E-state index is 4.40. The molecule has 0 unspecified atom stereocenters. The molecule has 0 amide bonds. The van der Waals surface area contributed by atoms with Crippen molar-refractivity contribution >= 4 is 22.6 Å². The lowest BCUT2D eigenvalue weighted by Crippen LogP contribution is -2.17. The van der Waals surface area contributed by atoms with Gasteiger partial charge in [0.05, 0.1) is 0 Å². The summed E-state index contributed by atoms with van der Waals surface area (Å²) in [5.41, 5.74) is 1.52. The summed E-state index contributed by atoms with van der Waals surface area (Å²) in [5.74, 6) is 0. The summed E-state index contributed by atoms with van der Waals surface area (Å²) >= 11 is 2.26. The second-order valence-electron chi connectivity index (χ2n) is 3.92. The lowest BCUT2D eigenvalue weighted by atomic mass is 9.92. The molecule has 0 N–H and O–H groups in total. The minimum absolute atomic E-state index is 0.201. The summed E-state index contributed by atoms with van der Waals surface area (Å²) < 4.78 is 3.15. The van der Waals surface area contributed by atoms with Crippen LogP contribution in [0.1, 0.15) is 33.4 Å². The predicted molar refractivity (Wildman–Crippen MR) is 59.3 cm³/mol. The Kier molecular flexibility index (Phi) is 2.81. The standard InChI is InChI=1S/C9H15IN2/c1-5-12-7(9(2,3)4)6-8(10)11-12/h6H,5H2,1-4H3. The van der Waals surface area contributed by atoms with E-state index in [0.29, 0.717) is 0 Å². The smallest absolute Gasteiger partial charge is 0.123 e. The van der Waals surface area contributed by atoms with Gasteiger partial charge in [-0.1, -0.05) is 20.8 Å². The zero-order valence-corrected chi connectivity index (χ0v) is 10.2. The molecule has 68 valence electrons. The zero-order chi connectivity index (χ0) is 9.35. The van der Waals surface area contributed by atoms with Crippen LogP contribution in [0.4, 0.5) is 0 Å². The van der Waals surface area contributed by atoms with Crippen molar-refractivity contribution in [2.45, 2.75) is 39.7 Å². The van der Waals surface area contributed by atoms with Crippen molar-refractivity contribution in [1.29, 1.82) is 0 Å². The average molecular weight is 278 g/mol. The van der Waals surface area contributed by atoms with E-state index in [1.54, 1.807) is 0 Å². The van der Waals surface area contributed by atoms with Gasteiger partial charge in [-0.25, -0.2) is 0 Å². The van der Waals surface area contributed by atoms with Crippen molar-refractivity contribution in [2.75, 3.05) is 0 Å². The van der Waals surface area contributed by atoms with Gasteiger partial charge in [0.1, 0.15) is 3.70 Å². The van der Waals surface area contributed by atoms with Crippen molar-refractivity contribution < 1.29 is 0 Å². The number of hydrogen-bond acceptors (Lipinski definition) is 1. The molecule has 1 aromatic rings. The molecular weight excluding hydrogens is 263 g/mol. The molecule has 3 heteroatoms. The summed E-state index contributed by atoms with van der Waals surface area (Å²) in [5, 5.41) is 4.40. The van der Waals surface area contributed by atoms with Crippen molar-refractivity contribution in [3.63, 3.8) is 0 Å². The van der Waals surface area contributed by atoms with Gasteiger partial charge in [0.25, 0.3) is 0 Å². The SMILES string of the molecule is CCn1nc(I)cc1C(C)(C)C. The summed E-state index contributed by atoms with van der Waals surface area (Å²) in [6.07, 6.45) is 0. The molecule has 0 spiro atoms. The second-order valence-corrected chi connectivity index (χ2v) is 5.02. The Morgan fingerprint density at radius 1 is 1.50 bits per heavy atom. The second kappa shape index (κ2) is 3.36. The van der Waals surface area contributed by atoms with E-state index in [4.69, 9.17) is 0 Å². The first-order valence-corrected chi connectivity index (χ1v) is 5.27. The Morgan fingerprint density at radius 2 is 2.08 bits per heavy atom. The molecule has 1 rings (SSSR count). The average Bonchev–Trinajstić information content (AvgIpc) is 2.29. The normalized spacial score (nSPS) is 12.1. The van der Waals surface area contributed by atoms with Crippen molar-refractivity contribution in [3.8, 4) is 0 Å². The maximum absolute atomic E-state index is 4.40. The minimum Gasteiger partial charge on any atom is -0.268 e. The van der Waals surface area contributed by atoms with Crippen LogP contribution in [0.5, 0.6) is 0 Å². The third kappa shape index (κ3) is 2.00. The molecule has 0 radical (unpaired) electrons. The van der Waals surface area contributed by atoms with Gasteiger partial charge in [-0.3, -0.25) is 4.68 Å². The van der Waals surface area contributed by atoms with Crippen LogP contribution in [0.2, 0.25) is 0 Å². The topological polar surface area (TPSA) is 17.8 Å². The minimum atomic E-state index is 0.201. The molecule has 0 fully saturated rings. The monoisotopic (exact) mass is 278 g/mol. The highest BCUT2D eigenvalue weighted by Gasteiger charge is 2.19. The lowest BCUT2D eigenvalue weighted by molar-refractivity contribution is 0.497. The fourth-order valence-electron chi connectivity index (χ4n) is 1.23. The third-order valence-corrected chi connectivity index (χ3v) is 2.35. The van der Waals surface area contributed by atoms with Gasteiger partial charge < -0.3 is 0 Å². The Morgan fingerprint density at radius 3 is 2.42 bits per heavy atom. The van der Waals surface area contributed by atoms with Gasteiger partial charge in [-0.15, -0.1) is 0 Å². The highest BCUT2D eigenvalue weighted by atomic mass is 127. The van der Waals surface area contributed by atoms with Crippen LogP contribution in [0.15, 0.2) is 6.07 Å². The fourth-order valence-corrected chi connectivity index (χ4v) is 1.79. The molecule has 1 aromatic heterocycles. The van der Waals surface area contributed by atoms with E-state index in [1.807, 2.05) is 0 Å². The Hall–Kier alpha value is -0.0600. The third-order valence-electron chi connectivity index (χ3n) is 1.82. The molecule has 12 heavy (non-hydrogen) atoms. The summed E-state index contributed by atoms with van der Waals surface area (Å²) in [4.78, 5) is 0. The van der Waals surface area contributed by atoms with Crippen molar-refractivity contribution in [2.24, 2.45) is 0 Å². The van der Waals surface area contributed by atoms with E-state index < -0.39 is 0 Å². The van der Waals surface area contributed by atoms with Gasteiger partial charge in [0.15, 0.2) is 0 Å². The van der Waals surface area contributed by atoms with Gasteiger partial charge in [0, 0.05) is 17.7 Å². The molecule has 0 aliphatic rings. The van der Waals surface area contributed by atoms with Gasteiger partial charge in [-0.05, 0) is 35.6 Å². The van der Waals surface area contributed by atoms with Crippen LogP contribution in [0.25, 0.3) is 0 Å². The molecule has 0 atom stereocenters. The molecule has 0 aromatic carbocycles. The maximum Gasteiger partial charge on any atom is 0.123 e. The fraction of sp³-hybridized carbons (Fsp3) is 0.667. The largest absolute Gasteiger partial charge is 0.268 e. The molecule has 0 saturated heterocycles. The molecule has 0 saturated carbocycles. The molecule has 2 nitrogen and oxygen atoms in total. The van der Waals surface area contributed by atoms with E-state index in [-0.39, 0.29) is 5.41 Å². The quantitative estimate of drug-likeness (QED) is 0.722. The summed E-state index contributed by atoms with van der Waals surface area (Å²) in [6.45, 7) is 9.72. The lowest BCUT2D eigenvalue weighted by Gasteiger charge is -2.19. The first-order valence-electron chi connectivity index (χ1n) is 4.19. The summed E-state index contributed by atoms with van der Waals surface area (Å²) in [6, 6.07) is 2.16. The van der Waals surface area contributed by atoms with E-state index >= 15 is 0 Å². The van der Waals surface area contributed by atoms with Crippen molar-refractivity contribution in [1.82, 2.24) is 9.78 Å². The first kappa shape index (κ1) is 10.0. The molecule has 0 aliphatic carbocycles. The molecule has 1 heterocycles. The van der Waals surface area contributed by atoms with Crippen LogP contribution in [0.3, 0.4) is 0 Å². The number of halogens is 1.